The number of nitrogens with zero attached hydrogens (tertiary/aromatic N) is 1. The molecule has 2 rings (SSSR count). The first-order chi connectivity index (χ1) is 9.20. The van der Waals surface area contributed by atoms with E-state index in [1.54, 1.807) is 5.56 Å². The quantitative estimate of drug-likeness (QED) is 0.848. The Labute approximate surface area is 118 Å². The number of anilines is 1. The highest BCUT2D eigenvalue weighted by atomic mass is 15.1. The maximum absolute atomic E-state index is 5.61. The molecule has 1 aliphatic heterocycles. The van der Waals surface area contributed by atoms with E-state index in [9.17, 15) is 0 Å². The van der Waals surface area contributed by atoms with Crippen LogP contribution >= 0.6 is 0 Å². The fraction of sp³-hybridized carbons (Fsp3) is 0.647. The lowest BCUT2D eigenvalue weighted by Crippen LogP contribution is -2.30. The summed E-state index contributed by atoms with van der Waals surface area (Å²) in [7, 11) is 0. The summed E-state index contributed by atoms with van der Waals surface area (Å²) in [6, 6.07) is 6.92. The molecule has 1 aliphatic rings. The number of hydrogen-bond acceptors (Lipinski definition) is 2. The van der Waals surface area contributed by atoms with Crippen LogP contribution < -0.4 is 10.6 Å². The molecular formula is C17H28N2. The molecule has 1 aromatic rings. The minimum absolute atomic E-state index is 0.771. The van der Waals surface area contributed by atoms with Gasteiger partial charge in [0, 0.05) is 18.8 Å². The molecule has 0 amide bonds. The number of nitrogens with two attached hydrogens (primary N) is 1. The van der Waals surface area contributed by atoms with Crippen LogP contribution in [0.15, 0.2) is 18.2 Å². The van der Waals surface area contributed by atoms with Crippen molar-refractivity contribution in [3.63, 3.8) is 0 Å². The maximum atomic E-state index is 5.61. The molecule has 0 fully saturated rings. The van der Waals surface area contributed by atoms with Crippen molar-refractivity contribution < 1.29 is 0 Å². The second-order valence-corrected chi connectivity index (χ2v) is 6.05. The van der Waals surface area contributed by atoms with Crippen LogP contribution in [0.1, 0.15) is 43.7 Å². The fourth-order valence-electron chi connectivity index (χ4n) is 3.10. The van der Waals surface area contributed by atoms with Gasteiger partial charge in [0.15, 0.2) is 0 Å². The molecule has 106 valence electrons. The summed E-state index contributed by atoms with van der Waals surface area (Å²) in [5, 5.41) is 0. The van der Waals surface area contributed by atoms with Crippen molar-refractivity contribution in [1.29, 1.82) is 0 Å². The summed E-state index contributed by atoms with van der Waals surface area (Å²) in [6.45, 7) is 7.76. The average Bonchev–Trinajstić information content (AvgIpc) is 2.39. The molecule has 0 aliphatic carbocycles. The Balaban J connectivity index is 1.89. The first kappa shape index (κ1) is 14.4. The van der Waals surface area contributed by atoms with Crippen LogP contribution in [0.2, 0.25) is 0 Å². The van der Waals surface area contributed by atoms with E-state index in [2.05, 4.69) is 36.9 Å². The van der Waals surface area contributed by atoms with Crippen LogP contribution in [-0.2, 0) is 6.42 Å². The molecule has 1 heterocycles. The number of hydrogen-bond donors (Lipinski definition) is 1. The van der Waals surface area contributed by atoms with E-state index in [0.717, 1.165) is 18.9 Å². The summed E-state index contributed by atoms with van der Waals surface area (Å²) < 4.78 is 0. The van der Waals surface area contributed by atoms with Gasteiger partial charge >= 0.3 is 0 Å². The number of benzene rings is 1. The van der Waals surface area contributed by atoms with Gasteiger partial charge in [0.25, 0.3) is 0 Å². The van der Waals surface area contributed by atoms with Crippen molar-refractivity contribution in [2.24, 2.45) is 11.7 Å². The third kappa shape index (κ3) is 3.97. The van der Waals surface area contributed by atoms with Crippen molar-refractivity contribution in [3.8, 4) is 0 Å². The predicted octanol–water partition coefficient (Wildman–Crippen LogP) is 3.51. The zero-order valence-corrected chi connectivity index (χ0v) is 12.5. The number of aryl methyl sites for hydroxylation is 2. The largest absolute Gasteiger partial charge is 0.371 e. The van der Waals surface area contributed by atoms with E-state index in [0.29, 0.717) is 0 Å². The lowest BCUT2D eigenvalue weighted by atomic mass is 9.98. The lowest BCUT2D eigenvalue weighted by Gasteiger charge is -2.32. The molecule has 19 heavy (non-hydrogen) atoms. The standard InChI is InChI=1S/C17H28N2/c1-14(9-10-18)5-3-11-19-12-4-6-16-13-15(2)7-8-17(16)19/h7-8,13-14H,3-6,9-12,18H2,1-2H3. The summed E-state index contributed by atoms with van der Waals surface area (Å²) in [6.07, 6.45) is 6.30. The van der Waals surface area contributed by atoms with Gasteiger partial charge in [0.2, 0.25) is 0 Å². The first-order valence-electron chi connectivity index (χ1n) is 7.75. The van der Waals surface area contributed by atoms with Crippen LogP contribution in [0.5, 0.6) is 0 Å². The van der Waals surface area contributed by atoms with E-state index in [4.69, 9.17) is 5.73 Å². The number of fused-ring (bicyclic) bond motifs is 1. The molecule has 0 saturated heterocycles. The van der Waals surface area contributed by atoms with Crippen LogP contribution in [0.4, 0.5) is 5.69 Å². The Bertz CT molecular complexity index is 400. The Morgan fingerprint density at radius 2 is 2.16 bits per heavy atom. The minimum Gasteiger partial charge on any atom is -0.371 e. The van der Waals surface area contributed by atoms with Gasteiger partial charge in [-0.15, -0.1) is 0 Å². The monoisotopic (exact) mass is 260 g/mol. The third-order valence-corrected chi connectivity index (χ3v) is 4.23. The van der Waals surface area contributed by atoms with E-state index in [-0.39, 0.29) is 0 Å². The topological polar surface area (TPSA) is 29.3 Å². The summed E-state index contributed by atoms with van der Waals surface area (Å²) in [5.74, 6) is 0.771. The van der Waals surface area contributed by atoms with Crippen LogP contribution in [0.25, 0.3) is 0 Å². The second-order valence-electron chi connectivity index (χ2n) is 6.05. The molecular weight excluding hydrogens is 232 g/mol. The van der Waals surface area contributed by atoms with Gasteiger partial charge in [-0.05, 0) is 63.1 Å². The molecule has 2 heteroatoms. The predicted molar refractivity (Wildman–Crippen MR) is 83.8 cm³/mol. The molecule has 2 N–H and O–H groups in total. The Morgan fingerprint density at radius 3 is 2.95 bits per heavy atom. The minimum atomic E-state index is 0.771. The smallest absolute Gasteiger partial charge is 0.0398 e. The fourth-order valence-corrected chi connectivity index (χ4v) is 3.10. The van der Waals surface area contributed by atoms with Crippen molar-refractivity contribution in [3.05, 3.63) is 29.3 Å². The highest BCUT2D eigenvalue weighted by molar-refractivity contribution is 5.56. The van der Waals surface area contributed by atoms with Gasteiger partial charge in [-0.2, -0.15) is 0 Å². The van der Waals surface area contributed by atoms with Gasteiger partial charge in [-0.1, -0.05) is 24.6 Å². The zero-order chi connectivity index (χ0) is 13.7. The van der Waals surface area contributed by atoms with E-state index < -0.39 is 0 Å². The van der Waals surface area contributed by atoms with Crippen LogP contribution in [0.3, 0.4) is 0 Å². The lowest BCUT2D eigenvalue weighted by molar-refractivity contribution is 0.477. The summed E-state index contributed by atoms with van der Waals surface area (Å²) >= 11 is 0. The molecule has 1 atom stereocenters. The summed E-state index contributed by atoms with van der Waals surface area (Å²) in [4.78, 5) is 2.58. The normalized spacial score (nSPS) is 16.3. The van der Waals surface area contributed by atoms with Crippen molar-refractivity contribution in [2.75, 3.05) is 24.5 Å². The maximum Gasteiger partial charge on any atom is 0.0398 e. The van der Waals surface area contributed by atoms with Gasteiger partial charge in [-0.25, -0.2) is 0 Å². The van der Waals surface area contributed by atoms with Crippen LogP contribution in [0, 0.1) is 12.8 Å². The Hall–Kier alpha value is -1.02. The first-order valence-corrected chi connectivity index (χ1v) is 7.75. The Morgan fingerprint density at radius 1 is 1.32 bits per heavy atom. The van der Waals surface area contributed by atoms with Gasteiger partial charge < -0.3 is 10.6 Å². The van der Waals surface area contributed by atoms with E-state index in [1.165, 1.54) is 50.0 Å². The van der Waals surface area contributed by atoms with Gasteiger partial charge in [0.05, 0.1) is 0 Å². The molecule has 0 saturated carbocycles. The molecule has 0 aromatic heterocycles. The van der Waals surface area contributed by atoms with E-state index in [1.807, 2.05) is 0 Å². The molecule has 0 radical (unpaired) electrons. The second kappa shape index (κ2) is 6.95. The summed E-state index contributed by atoms with van der Waals surface area (Å²) in [5.41, 5.74) is 10.0. The highest BCUT2D eigenvalue weighted by Gasteiger charge is 2.16. The van der Waals surface area contributed by atoms with Crippen molar-refractivity contribution >= 4 is 5.69 Å². The third-order valence-electron chi connectivity index (χ3n) is 4.23. The van der Waals surface area contributed by atoms with Gasteiger partial charge in [0.1, 0.15) is 0 Å². The van der Waals surface area contributed by atoms with Crippen LogP contribution in [-0.4, -0.2) is 19.6 Å². The SMILES string of the molecule is Cc1ccc2c(c1)CCCN2CCCC(C)CCN. The molecule has 2 nitrogen and oxygen atoms in total. The molecule has 1 aromatic carbocycles. The average molecular weight is 260 g/mol. The van der Waals surface area contributed by atoms with E-state index >= 15 is 0 Å². The van der Waals surface area contributed by atoms with Gasteiger partial charge in [-0.3, -0.25) is 0 Å². The Kier molecular flexibility index (Phi) is 5.26. The zero-order valence-electron chi connectivity index (χ0n) is 12.5. The van der Waals surface area contributed by atoms with Crippen molar-refractivity contribution in [1.82, 2.24) is 0 Å². The highest BCUT2D eigenvalue weighted by Crippen LogP contribution is 2.28. The molecule has 0 spiro atoms. The molecule has 0 bridgehead atoms. The number of rotatable bonds is 6. The van der Waals surface area contributed by atoms with Crippen molar-refractivity contribution in [2.45, 2.75) is 46.0 Å². The molecule has 1 unspecified atom stereocenters.